The van der Waals surface area contributed by atoms with Crippen molar-refractivity contribution < 1.29 is 5.11 Å². The Morgan fingerprint density at radius 1 is 1.17 bits per heavy atom. The van der Waals surface area contributed by atoms with Gasteiger partial charge in [-0.25, -0.2) is 4.98 Å². The molecule has 3 fully saturated rings. The molecule has 122 valence electrons. The molecular formula is C18H24N4O. The third-order valence-electron chi connectivity index (χ3n) is 5.93. The lowest BCUT2D eigenvalue weighted by Gasteiger charge is -2.40. The number of aromatic nitrogens is 1. The highest BCUT2D eigenvalue weighted by Gasteiger charge is 2.44. The maximum absolute atomic E-state index is 10.6. The van der Waals surface area contributed by atoms with E-state index in [-0.39, 0.29) is 6.10 Å². The Morgan fingerprint density at radius 3 is 2.65 bits per heavy atom. The van der Waals surface area contributed by atoms with Gasteiger partial charge in [0.15, 0.2) is 0 Å². The summed E-state index contributed by atoms with van der Waals surface area (Å²) in [6.45, 7) is 4.16. The second kappa shape index (κ2) is 6.10. The predicted molar refractivity (Wildman–Crippen MR) is 88.0 cm³/mol. The fraction of sp³-hybridized carbons (Fsp3) is 0.667. The van der Waals surface area contributed by atoms with Gasteiger partial charge in [0.1, 0.15) is 11.9 Å². The number of nitrogens with zero attached hydrogens (tertiary/aromatic N) is 4. The third-order valence-corrected chi connectivity index (χ3v) is 5.93. The minimum atomic E-state index is -0.200. The summed E-state index contributed by atoms with van der Waals surface area (Å²) in [4.78, 5) is 9.18. The van der Waals surface area contributed by atoms with Crippen LogP contribution in [-0.4, -0.2) is 53.3 Å². The van der Waals surface area contributed by atoms with Crippen molar-refractivity contribution >= 4 is 5.82 Å². The van der Waals surface area contributed by atoms with Crippen LogP contribution >= 0.6 is 0 Å². The number of nitriles is 1. The van der Waals surface area contributed by atoms with E-state index in [1.54, 1.807) is 6.20 Å². The molecule has 23 heavy (non-hydrogen) atoms. The summed E-state index contributed by atoms with van der Waals surface area (Å²) >= 11 is 0. The molecule has 3 heterocycles. The van der Waals surface area contributed by atoms with Gasteiger partial charge < -0.3 is 10.0 Å². The normalized spacial score (nSPS) is 34.3. The van der Waals surface area contributed by atoms with Gasteiger partial charge in [-0.15, -0.1) is 0 Å². The summed E-state index contributed by atoms with van der Waals surface area (Å²) in [6, 6.07) is 6.24. The molecule has 1 N–H and O–H groups in total. The Hall–Kier alpha value is -1.64. The molecule has 0 amide bonds. The molecule has 1 aromatic heterocycles. The van der Waals surface area contributed by atoms with Gasteiger partial charge >= 0.3 is 0 Å². The predicted octanol–water partition coefficient (Wildman–Crippen LogP) is 1.62. The standard InChI is InChI=1S/C18H24N4O/c19-10-13-4-3-5-20-18(13)22-11-14-8-16(21-6-1-2-7-21)17(23)9-15(14)12-22/h3-5,14-17,23H,1-2,6-9,11-12H2/t14-,15+,16-,17-/m1/s1. The zero-order chi connectivity index (χ0) is 15.8. The Labute approximate surface area is 137 Å². The molecule has 4 atom stereocenters. The number of aliphatic hydroxyl groups excluding tert-OH is 1. The van der Waals surface area contributed by atoms with Crippen LogP contribution in [0, 0.1) is 23.2 Å². The highest BCUT2D eigenvalue weighted by Crippen LogP contribution is 2.40. The number of likely N-dealkylation sites (tertiary alicyclic amines) is 1. The zero-order valence-electron chi connectivity index (χ0n) is 13.4. The molecule has 1 saturated carbocycles. The molecule has 5 heteroatoms. The van der Waals surface area contributed by atoms with E-state index in [4.69, 9.17) is 0 Å². The minimum absolute atomic E-state index is 0.200. The number of hydrogen-bond acceptors (Lipinski definition) is 5. The molecule has 0 bridgehead atoms. The summed E-state index contributed by atoms with van der Waals surface area (Å²) in [6.07, 6.45) is 6.06. The van der Waals surface area contributed by atoms with Crippen molar-refractivity contribution in [3.8, 4) is 6.07 Å². The fourth-order valence-electron chi connectivity index (χ4n) is 4.78. The first-order valence-electron chi connectivity index (χ1n) is 8.78. The van der Waals surface area contributed by atoms with Crippen molar-refractivity contribution in [2.45, 2.75) is 37.8 Å². The van der Waals surface area contributed by atoms with Gasteiger partial charge in [-0.1, -0.05) is 0 Å². The summed E-state index contributed by atoms with van der Waals surface area (Å²) in [5.74, 6) is 1.95. The van der Waals surface area contributed by atoms with Crippen LogP contribution < -0.4 is 4.90 Å². The molecule has 0 aromatic carbocycles. The molecule has 2 saturated heterocycles. The quantitative estimate of drug-likeness (QED) is 0.899. The summed E-state index contributed by atoms with van der Waals surface area (Å²) in [5.41, 5.74) is 0.655. The Balaban J connectivity index is 1.50. The molecule has 1 aliphatic carbocycles. The van der Waals surface area contributed by atoms with Gasteiger partial charge in [-0.3, -0.25) is 4.90 Å². The van der Waals surface area contributed by atoms with Gasteiger partial charge in [0.05, 0.1) is 11.7 Å². The molecule has 0 unspecified atom stereocenters. The van der Waals surface area contributed by atoms with Gasteiger partial charge in [0, 0.05) is 25.3 Å². The first kappa shape index (κ1) is 14.9. The Bertz CT molecular complexity index is 607. The molecule has 0 spiro atoms. The fourth-order valence-corrected chi connectivity index (χ4v) is 4.78. The van der Waals surface area contributed by atoms with E-state index in [1.165, 1.54) is 12.8 Å². The van der Waals surface area contributed by atoms with Crippen LogP contribution in [0.5, 0.6) is 0 Å². The topological polar surface area (TPSA) is 63.4 Å². The number of rotatable bonds is 2. The summed E-state index contributed by atoms with van der Waals surface area (Å²) in [5, 5.41) is 19.9. The number of anilines is 1. The van der Waals surface area contributed by atoms with Gasteiger partial charge in [-0.05, 0) is 62.7 Å². The number of aliphatic hydroxyl groups is 1. The van der Waals surface area contributed by atoms with Crippen molar-refractivity contribution in [2.75, 3.05) is 31.1 Å². The smallest absolute Gasteiger partial charge is 0.146 e. The van der Waals surface area contributed by atoms with E-state index >= 15 is 0 Å². The Kier molecular flexibility index (Phi) is 3.96. The largest absolute Gasteiger partial charge is 0.391 e. The van der Waals surface area contributed by atoms with Crippen LogP contribution in [0.4, 0.5) is 5.82 Å². The van der Waals surface area contributed by atoms with Crippen molar-refractivity contribution in [2.24, 2.45) is 11.8 Å². The van der Waals surface area contributed by atoms with E-state index < -0.39 is 0 Å². The Morgan fingerprint density at radius 2 is 1.91 bits per heavy atom. The van der Waals surface area contributed by atoms with Crippen molar-refractivity contribution in [1.82, 2.24) is 9.88 Å². The maximum atomic E-state index is 10.6. The molecular weight excluding hydrogens is 288 g/mol. The summed E-state index contributed by atoms with van der Waals surface area (Å²) in [7, 11) is 0. The van der Waals surface area contributed by atoms with Crippen LogP contribution in [0.3, 0.4) is 0 Å². The molecule has 1 aromatic rings. The van der Waals surface area contributed by atoms with E-state index in [9.17, 15) is 10.4 Å². The lowest BCUT2D eigenvalue weighted by molar-refractivity contribution is -0.000854. The van der Waals surface area contributed by atoms with Gasteiger partial charge in [0.25, 0.3) is 0 Å². The average Bonchev–Trinajstić information content (AvgIpc) is 3.23. The highest BCUT2D eigenvalue weighted by molar-refractivity contribution is 5.54. The highest BCUT2D eigenvalue weighted by atomic mass is 16.3. The van der Waals surface area contributed by atoms with Crippen LogP contribution in [-0.2, 0) is 0 Å². The first-order valence-corrected chi connectivity index (χ1v) is 8.78. The monoisotopic (exact) mass is 312 g/mol. The second-order valence-corrected chi connectivity index (χ2v) is 7.26. The van der Waals surface area contributed by atoms with Crippen LogP contribution in [0.25, 0.3) is 0 Å². The number of hydrogen-bond donors (Lipinski definition) is 1. The van der Waals surface area contributed by atoms with Crippen LogP contribution in [0.15, 0.2) is 18.3 Å². The van der Waals surface area contributed by atoms with E-state index in [1.807, 2.05) is 12.1 Å². The van der Waals surface area contributed by atoms with E-state index in [2.05, 4.69) is 20.9 Å². The zero-order valence-corrected chi connectivity index (χ0v) is 13.4. The lowest BCUT2D eigenvalue weighted by atomic mass is 9.77. The molecule has 2 aliphatic heterocycles. The molecule has 3 aliphatic rings. The van der Waals surface area contributed by atoms with E-state index in [0.29, 0.717) is 23.4 Å². The number of fused-ring (bicyclic) bond motifs is 1. The first-order chi connectivity index (χ1) is 11.3. The minimum Gasteiger partial charge on any atom is -0.391 e. The third kappa shape index (κ3) is 2.71. The van der Waals surface area contributed by atoms with Crippen molar-refractivity contribution in [3.05, 3.63) is 23.9 Å². The maximum Gasteiger partial charge on any atom is 0.146 e. The molecule has 5 nitrogen and oxygen atoms in total. The summed E-state index contributed by atoms with van der Waals surface area (Å²) < 4.78 is 0. The van der Waals surface area contributed by atoms with E-state index in [0.717, 1.165) is 44.8 Å². The molecule has 0 radical (unpaired) electrons. The van der Waals surface area contributed by atoms with Crippen LogP contribution in [0.1, 0.15) is 31.2 Å². The number of pyridine rings is 1. The van der Waals surface area contributed by atoms with Crippen molar-refractivity contribution in [3.63, 3.8) is 0 Å². The van der Waals surface area contributed by atoms with Gasteiger partial charge in [-0.2, -0.15) is 5.26 Å². The molecule has 4 rings (SSSR count). The second-order valence-electron chi connectivity index (χ2n) is 7.26. The van der Waals surface area contributed by atoms with Crippen LogP contribution in [0.2, 0.25) is 0 Å². The van der Waals surface area contributed by atoms with Crippen molar-refractivity contribution in [1.29, 1.82) is 5.26 Å². The van der Waals surface area contributed by atoms with Gasteiger partial charge in [0.2, 0.25) is 0 Å². The SMILES string of the molecule is N#Cc1cccnc1N1C[C@H]2C[C@@H](N3CCCC3)[C@H](O)C[C@H]2C1. The average molecular weight is 312 g/mol. The lowest BCUT2D eigenvalue weighted by Crippen LogP contribution is -2.48.